The lowest BCUT2D eigenvalue weighted by Gasteiger charge is -2.20. The van der Waals surface area contributed by atoms with E-state index in [1.165, 1.54) is 0 Å². The SMILES string of the molecule is CCCC(Oc1ccc(C(N)=NO)cc1)Oc1ccc(C(N)=NO)cc1. The molecule has 0 radical (unpaired) electrons. The van der Waals surface area contributed by atoms with Crippen LogP contribution >= 0.6 is 0 Å². The van der Waals surface area contributed by atoms with Gasteiger partial charge in [0.1, 0.15) is 11.5 Å². The molecule has 0 aliphatic heterocycles. The molecule has 0 saturated carbocycles. The Morgan fingerprint density at radius 1 is 0.846 bits per heavy atom. The zero-order valence-electron chi connectivity index (χ0n) is 14.4. The number of nitrogens with two attached hydrogens (primary N) is 2. The van der Waals surface area contributed by atoms with Crippen molar-refractivity contribution < 1.29 is 19.9 Å². The fraction of sp³-hybridized carbons (Fsp3) is 0.222. The van der Waals surface area contributed by atoms with Crippen LogP contribution in [0.4, 0.5) is 0 Å². The Labute approximate surface area is 151 Å². The van der Waals surface area contributed by atoms with Crippen molar-refractivity contribution in [1.82, 2.24) is 0 Å². The highest BCUT2D eigenvalue weighted by atomic mass is 16.7. The molecule has 2 aromatic carbocycles. The average Bonchev–Trinajstić information content (AvgIpc) is 2.68. The van der Waals surface area contributed by atoms with Crippen molar-refractivity contribution in [3.8, 4) is 11.5 Å². The number of ether oxygens (including phenoxy) is 2. The summed E-state index contributed by atoms with van der Waals surface area (Å²) in [6, 6.07) is 13.7. The smallest absolute Gasteiger partial charge is 0.241 e. The summed E-state index contributed by atoms with van der Waals surface area (Å²) in [5, 5.41) is 23.3. The summed E-state index contributed by atoms with van der Waals surface area (Å²) in [6.07, 6.45) is 1.07. The molecule has 2 rings (SSSR count). The second kappa shape index (κ2) is 9.16. The van der Waals surface area contributed by atoms with Crippen molar-refractivity contribution in [3.05, 3.63) is 59.7 Å². The average molecular weight is 358 g/mol. The van der Waals surface area contributed by atoms with Gasteiger partial charge in [-0.05, 0) is 55.0 Å². The second-order valence-corrected chi connectivity index (χ2v) is 5.47. The maximum absolute atomic E-state index is 8.69. The molecule has 0 unspecified atom stereocenters. The topological polar surface area (TPSA) is 136 Å². The molecular weight excluding hydrogens is 336 g/mol. The van der Waals surface area contributed by atoms with Gasteiger partial charge in [0.25, 0.3) is 0 Å². The van der Waals surface area contributed by atoms with Crippen LogP contribution in [0.1, 0.15) is 30.9 Å². The minimum absolute atomic E-state index is 0.0312. The molecule has 0 fully saturated rings. The zero-order chi connectivity index (χ0) is 18.9. The molecule has 0 amide bonds. The lowest BCUT2D eigenvalue weighted by Crippen LogP contribution is -2.24. The molecule has 8 heteroatoms. The molecule has 138 valence electrons. The summed E-state index contributed by atoms with van der Waals surface area (Å²) >= 11 is 0. The number of amidine groups is 2. The van der Waals surface area contributed by atoms with E-state index in [1.807, 2.05) is 6.92 Å². The molecule has 0 atom stereocenters. The van der Waals surface area contributed by atoms with E-state index in [0.717, 1.165) is 6.42 Å². The molecule has 0 bridgehead atoms. The summed E-state index contributed by atoms with van der Waals surface area (Å²) in [5.41, 5.74) is 12.3. The predicted octanol–water partition coefficient (Wildman–Crippen LogP) is 2.46. The van der Waals surface area contributed by atoms with Crippen molar-refractivity contribution in [3.63, 3.8) is 0 Å². The maximum Gasteiger partial charge on any atom is 0.241 e. The minimum Gasteiger partial charge on any atom is -0.455 e. The monoisotopic (exact) mass is 358 g/mol. The third kappa shape index (κ3) is 5.04. The first-order valence-electron chi connectivity index (χ1n) is 8.06. The molecule has 0 spiro atoms. The van der Waals surface area contributed by atoms with Crippen LogP contribution < -0.4 is 20.9 Å². The molecule has 0 aromatic heterocycles. The molecule has 0 saturated heterocycles. The van der Waals surface area contributed by atoms with E-state index >= 15 is 0 Å². The minimum atomic E-state index is -0.482. The number of benzene rings is 2. The van der Waals surface area contributed by atoms with Crippen molar-refractivity contribution in [2.24, 2.45) is 21.8 Å². The van der Waals surface area contributed by atoms with Gasteiger partial charge < -0.3 is 31.4 Å². The largest absolute Gasteiger partial charge is 0.455 e. The van der Waals surface area contributed by atoms with E-state index in [4.69, 9.17) is 31.4 Å². The summed E-state index contributed by atoms with van der Waals surface area (Å²) < 4.78 is 11.7. The summed E-state index contributed by atoms with van der Waals surface area (Å²) in [6.45, 7) is 2.03. The highest BCUT2D eigenvalue weighted by Crippen LogP contribution is 2.20. The third-order valence-electron chi connectivity index (χ3n) is 3.58. The molecule has 26 heavy (non-hydrogen) atoms. The first-order chi connectivity index (χ1) is 12.6. The standard InChI is InChI=1S/C18H22N4O4/c1-2-3-16(25-14-8-4-12(5-9-14)17(19)21-23)26-15-10-6-13(7-11-15)18(20)22-24/h4-11,16,23-24H,2-3H2,1H3,(H2,19,21)(H2,20,22). The van der Waals surface area contributed by atoms with Gasteiger partial charge in [0.05, 0.1) is 0 Å². The van der Waals surface area contributed by atoms with Crippen molar-refractivity contribution in [2.45, 2.75) is 26.1 Å². The summed E-state index contributed by atoms with van der Waals surface area (Å²) in [7, 11) is 0. The highest BCUT2D eigenvalue weighted by Gasteiger charge is 2.12. The van der Waals surface area contributed by atoms with Gasteiger partial charge in [-0.2, -0.15) is 0 Å². The van der Waals surface area contributed by atoms with Crippen LogP contribution in [-0.2, 0) is 0 Å². The Kier molecular flexibility index (Phi) is 6.67. The van der Waals surface area contributed by atoms with Gasteiger partial charge in [0.2, 0.25) is 6.29 Å². The Bertz CT molecular complexity index is 694. The van der Waals surface area contributed by atoms with Crippen LogP contribution in [0, 0.1) is 0 Å². The van der Waals surface area contributed by atoms with Crippen LogP contribution in [0.2, 0.25) is 0 Å². The Hall–Kier alpha value is -3.42. The lowest BCUT2D eigenvalue weighted by atomic mass is 10.2. The van der Waals surface area contributed by atoms with Crippen molar-refractivity contribution >= 4 is 11.7 Å². The molecule has 8 nitrogen and oxygen atoms in total. The Balaban J connectivity index is 2.06. The number of rotatable bonds is 8. The highest BCUT2D eigenvalue weighted by molar-refractivity contribution is 5.97. The van der Waals surface area contributed by atoms with E-state index in [0.29, 0.717) is 29.0 Å². The van der Waals surface area contributed by atoms with Gasteiger partial charge in [-0.1, -0.05) is 17.2 Å². The molecule has 0 aliphatic rings. The normalized spacial score (nSPS) is 13.3. The van der Waals surface area contributed by atoms with Crippen LogP contribution in [-0.4, -0.2) is 28.4 Å². The second-order valence-electron chi connectivity index (χ2n) is 5.47. The first kappa shape index (κ1) is 18.9. The number of hydrogen-bond donors (Lipinski definition) is 4. The van der Waals surface area contributed by atoms with Crippen molar-refractivity contribution in [1.29, 1.82) is 0 Å². The molecule has 2 aromatic rings. The van der Waals surface area contributed by atoms with Gasteiger partial charge in [-0.15, -0.1) is 0 Å². The van der Waals surface area contributed by atoms with Gasteiger partial charge in [0, 0.05) is 17.5 Å². The van der Waals surface area contributed by atoms with Crippen LogP contribution in [0.15, 0.2) is 58.8 Å². The van der Waals surface area contributed by atoms with Gasteiger partial charge in [-0.3, -0.25) is 0 Å². The predicted molar refractivity (Wildman–Crippen MR) is 97.9 cm³/mol. The number of oxime groups is 2. The van der Waals surface area contributed by atoms with Gasteiger partial charge in [0.15, 0.2) is 11.7 Å². The molecule has 0 heterocycles. The molecular formula is C18H22N4O4. The molecule has 6 N–H and O–H groups in total. The van der Waals surface area contributed by atoms with Crippen LogP contribution in [0.3, 0.4) is 0 Å². The fourth-order valence-corrected chi connectivity index (χ4v) is 2.21. The number of hydrogen-bond acceptors (Lipinski definition) is 6. The van der Waals surface area contributed by atoms with Crippen LogP contribution in [0.25, 0.3) is 0 Å². The quantitative estimate of drug-likeness (QED) is 0.188. The van der Waals surface area contributed by atoms with Crippen molar-refractivity contribution in [2.75, 3.05) is 0 Å². The first-order valence-corrected chi connectivity index (χ1v) is 8.06. The zero-order valence-corrected chi connectivity index (χ0v) is 14.4. The fourth-order valence-electron chi connectivity index (χ4n) is 2.21. The Morgan fingerprint density at radius 2 is 1.23 bits per heavy atom. The van der Waals surface area contributed by atoms with Gasteiger partial charge >= 0.3 is 0 Å². The summed E-state index contributed by atoms with van der Waals surface area (Å²) in [4.78, 5) is 0. The summed E-state index contributed by atoms with van der Waals surface area (Å²) in [5.74, 6) is 1.27. The Morgan fingerprint density at radius 3 is 1.54 bits per heavy atom. The van der Waals surface area contributed by atoms with E-state index in [-0.39, 0.29) is 11.7 Å². The van der Waals surface area contributed by atoms with E-state index in [2.05, 4.69) is 10.3 Å². The number of nitrogens with zero attached hydrogens (tertiary/aromatic N) is 2. The van der Waals surface area contributed by atoms with Crippen LogP contribution in [0.5, 0.6) is 11.5 Å². The maximum atomic E-state index is 8.69. The van der Waals surface area contributed by atoms with E-state index in [1.54, 1.807) is 48.5 Å². The van der Waals surface area contributed by atoms with E-state index < -0.39 is 6.29 Å². The molecule has 0 aliphatic carbocycles. The lowest BCUT2D eigenvalue weighted by molar-refractivity contribution is -0.00104. The van der Waals surface area contributed by atoms with Gasteiger partial charge in [-0.25, -0.2) is 0 Å². The third-order valence-corrected chi connectivity index (χ3v) is 3.58. The van der Waals surface area contributed by atoms with E-state index in [9.17, 15) is 0 Å².